The largest absolute Gasteiger partial charge is 0.481 e. The molecule has 7 nitrogen and oxygen atoms in total. The predicted octanol–water partition coefficient (Wildman–Crippen LogP) is 11.0. The Labute approximate surface area is 355 Å². The quantitative estimate of drug-likeness (QED) is 0.198. The molecule has 0 amide bonds. The second-order valence-electron chi connectivity index (χ2n) is 22.8. The van der Waals surface area contributed by atoms with Gasteiger partial charge in [-0.2, -0.15) is 0 Å². The zero-order valence-electron chi connectivity index (χ0n) is 37.9. The first kappa shape index (κ1) is 43.9. The van der Waals surface area contributed by atoms with Gasteiger partial charge in [0.05, 0.1) is 11.8 Å². The van der Waals surface area contributed by atoms with Gasteiger partial charge in [-0.15, -0.1) is 0 Å². The summed E-state index contributed by atoms with van der Waals surface area (Å²) in [6.07, 6.45) is 12.3. The Morgan fingerprint density at radius 3 is 2.14 bits per heavy atom. The number of carbonyl (C=O) groups is 3. The van der Waals surface area contributed by atoms with E-state index in [-0.39, 0.29) is 51.1 Å². The molecule has 1 aromatic carbocycles. The molecule has 1 aromatic rings. The lowest BCUT2D eigenvalue weighted by Crippen LogP contribution is -2.65. The Morgan fingerprint density at radius 2 is 1.53 bits per heavy atom. The van der Waals surface area contributed by atoms with Crippen molar-refractivity contribution in [2.45, 2.75) is 157 Å². The number of carbonyl (C=O) groups excluding carboxylic acids is 2. The molecular formula is C50H75ClN2O5. The zero-order chi connectivity index (χ0) is 42.4. The first-order valence-corrected chi connectivity index (χ1v) is 23.2. The van der Waals surface area contributed by atoms with E-state index in [2.05, 4.69) is 84.5 Å². The third-order valence-electron chi connectivity index (χ3n) is 18.3. The fourth-order valence-corrected chi connectivity index (χ4v) is 14.9. The summed E-state index contributed by atoms with van der Waals surface area (Å²) >= 11 is 6.37. The van der Waals surface area contributed by atoms with Gasteiger partial charge in [-0.05, 0) is 168 Å². The van der Waals surface area contributed by atoms with Crippen LogP contribution in [0.1, 0.15) is 151 Å². The van der Waals surface area contributed by atoms with Gasteiger partial charge < -0.3 is 14.7 Å². The maximum absolute atomic E-state index is 14.4. The minimum absolute atomic E-state index is 0.0492. The number of benzene rings is 1. The summed E-state index contributed by atoms with van der Waals surface area (Å²) in [5.74, 6) is 0.627. The summed E-state index contributed by atoms with van der Waals surface area (Å²) in [6.45, 7) is 23.2. The van der Waals surface area contributed by atoms with E-state index in [1.165, 1.54) is 17.6 Å². The summed E-state index contributed by atoms with van der Waals surface area (Å²) in [6, 6.07) is 8.57. The van der Waals surface area contributed by atoms with Gasteiger partial charge in [0, 0.05) is 40.9 Å². The number of ether oxygens (including phenoxy) is 1. The van der Waals surface area contributed by atoms with Crippen LogP contribution in [0.25, 0.3) is 0 Å². The van der Waals surface area contributed by atoms with E-state index in [0.717, 1.165) is 88.9 Å². The van der Waals surface area contributed by atoms with E-state index in [0.29, 0.717) is 30.0 Å². The smallest absolute Gasteiger partial charge is 0.309 e. The number of fused-ring (bicyclic) bond motifs is 7. The molecule has 5 saturated carbocycles. The third-order valence-corrected chi connectivity index (χ3v) is 18.6. The van der Waals surface area contributed by atoms with Crippen LogP contribution < -0.4 is 0 Å². The SMILES string of the molecule is CC(C)C1=C2C3CC[C@@H]4[C@@]5(C)CC[C@H](OC(=O)CC(C)(C)C(=O)O)C(C)(C)[C@@H]5CC[C@@]4(C)[C@]3(C)CCC2(CCN(CCN(C)C)C2(c3ccc(Cl)cc3)CC2)CC1=O. The lowest BCUT2D eigenvalue weighted by atomic mass is 9.33. The number of carboxylic acid groups (broad SMARTS) is 1. The Hall–Kier alpha value is -2.22. The average Bonchev–Trinajstić information content (AvgIpc) is 3.86. The van der Waals surface area contributed by atoms with Gasteiger partial charge in [-0.1, -0.05) is 77.8 Å². The van der Waals surface area contributed by atoms with Gasteiger partial charge in [0.25, 0.3) is 0 Å². The van der Waals surface area contributed by atoms with Crippen molar-refractivity contribution in [2.24, 2.45) is 56.2 Å². The molecule has 322 valence electrons. The van der Waals surface area contributed by atoms with Crippen LogP contribution in [0.5, 0.6) is 0 Å². The maximum Gasteiger partial charge on any atom is 0.309 e. The fourth-order valence-electron chi connectivity index (χ4n) is 14.7. The molecule has 8 atom stereocenters. The number of nitrogens with zero attached hydrogens (tertiary/aromatic N) is 2. The van der Waals surface area contributed by atoms with Crippen molar-refractivity contribution in [3.05, 3.63) is 46.0 Å². The summed E-state index contributed by atoms with van der Waals surface area (Å²) in [4.78, 5) is 44.5. The van der Waals surface area contributed by atoms with Crippen LogP contribution in [-0.2, 0) is 24.7 Å². The normalized spacial score (nSPS) is 36.4. The Balaban J connectivity index is 1.16. The number of halogens is 1. The van der Waals surface area contributed by atoms with Crippen molar-refractivity contribution in [3.8, 4) is 0 Å². The number of aliphatic carboxylic acids is 1. The molecule has 2 unspecified atom stereocenters. The molecule has 0 radical (unpaired) electrons. The molecule has 1 N–H and O–H groups in total. The number of ketones is 1. The van der Waals surface area contributed by atoms with Crippen molar-refractivity contribution in [2.75, 3.05) is 33.7 Å². The van der Waals surface area contributed by atoms with Gasteiger partial charge >= 0.3 is 11.9 Å². The van der Waals surface area contributed by atoms with E-state index in [1.54, 1.807) is 19.4 Å². The van der Waals surface area contributed by atoms with Crippen molar-refractivity contribution >= 4 is 29.3 Å². The molecule has 0 aliphatic heterocycles. The highest BCUT2D eigenvalue weighted by atomic mass is 35.5. The second kappa shape index (κ2) is 15.0. The Morgan fingerprint density at radius 1 is 0.862 bits per heavy atom. The number of hydrogen-bond donors (Lipinski definition) is 1. The second-order valence-corrected chi connectivity index (χ2v) is 23.2. The minimum atomic E-state index is -1.15. The van der Waals surface area contributed by atoms with E-state index < -0.39 is 17.4 Å². The molecule has 0 spiro atoms. The van der Waals surface area contributed by atoms with Crippen molar-refractivity contribution in [3.63, 3.8) is 0 Å². The lowest BCUT2D eigenvalue weighted by molar-refractivity contribution is -0.233. The highest BCUT2D eigenvalue weighted by Crippen LogP contribution is 2.77. The van der Waals surface area contributed by atoms with E-state index in [4.69, 9.17) is 16.3 Å². The Bertz CT molecular complexity index is 1810. The molecule has 7 rings (SSSR count). The van der Waals surface area contributed by atoms with E-state index >= 15 is 0 Å². The van der Waals surface area contributed by atoms with Gasteiger partial charge in [0.15, 0.2) is 5.78 Å². The van der Waals surface area contributed by atoms with E-state index in [9.17, 15) is 19.5 Å². The topological polar surface area (TPSA) is 87.2 Å². The number of hydrogen-bond acceptors (Lipinski definition) is 6. The van der Waals surface area contributed by atoms with Crippen molar-refractivity contribution in [1.82, 2.24) is 9.80 Å². The third kappa shape index (κ3) is 6.95. The number of allylic oxidation sites excluding steroid dienone is 2. The predicted molar refractivity (Wildman–Crippen MR) is 232 cm³/mol. The number of Topliss-reactive ketones (excluding diaryl/α,β-unsaturated/α-hetero) is 1. The first-order chi connectivity index (χ1) is 27.0. The van der Waals surface area contributed by atoms with Crippen LogP contribution in [0.4, 0.5) is 0 Å². The molecule has 6 aliphatic carbocycles. The van der Waals surface area contributed by atoms with Crippen LogP contribution in [0.15, 0.2) is 35.4 Å². The zero-order valence-corrected chi connectivity index (χ0v) is 38.6. The summed E-state index contributed by atoms with van der Waals surface area (Å²) < 4.78 is 6.23. The number of rotatable bonds is 13. The molecule has 0 aromatic heterocycles. The molecule has 6 aliphatic rings. The van der Waals surface area contributed by atoms with Crippen molar-refractivity contribution in [1.29, 1.82) is 0 Å². The van der Waals surface area contributed by atoms with Crippen molar-refractivity contribution < 1.29 is 24.2 Å². The van der Waals surface area contributed by atoms with Gasteiger partial charge in [-0.25, -0.2) is 0 Å². The monoisotopic (exact) mass is 819 g/mol. The number of likely N-dealkylation sites (N-methyl/N-ethyl adjacent to an activating group) is 1. The van der Waals surface area contributed by atoms with Gasteiger partial charge in [0.2, 0.25) is 0 Å². The van der Waals surface area contributed by atoms with Crippen LogP contribution in [-0.4, -0.2) is 72.5 Å². The van der Waals surface area contributed by atoms with E-state index in [1.807, 2.05) is 12.1 Å². The lowest BCUT2D eigenvalue weighted by Gasteiger charge is -2.72. The van der Waals surface area contributed by atoms with Crippen LogP contribution in [0.2, 0.25) is 5.02 Å². The van der Waals surface area contributed by atoms with Gasteiger partial charge in [0.1, 0.15) is 6.10 Å². The van der Waals surface area contributed by atoms with Gasteiger partial charge in [-0.3, -0.25) is 19.3 Å². The first-order valence-electron chi connectivity index (χ1n) is 22.8. The highest BCUT2D eigenvalue weighted by molar-refractivity contribution is 6.30. The molecule has 0 heterocycles. The average molecular weight is 820 g/mol. The molecular weight excluding hydrogens is 744 g/mol. The Kier molecular flexibility index (Phi) is 11.3. The molecule has 5 fully saturated rings. The number of esters is 1. The molecule has 58 heavy (non-hydrogen) atoms. The standard InChI is InChI=1S/C50H75ClN2O5/c1-32(2)41-36(54)30-49(26-27-53(29-28-52(10)11)50(24-25-50)33-12-14-34(51)15-13-33)23-22-47(8)35(42(41)49)16-17-38-46(7)20-19-39(58-40(55)31-44(3,4)43(56)57)45(5,6)37(46)18-21-48(38,47)9/h12-15,32,35,37-39H,16-31H2,1-11H3,(H,56,57)/t35?,37-,38+,39-,46-,47+,48+,49?/m0/s1. The fraction of sp³-hybridized carbons (Fsp3) is 0.780. The minimum Gasteiger partial charge on any atom is -0.481 e. The molecule has 0 saturated heterocycles. The summed E-state index contributed by atoms with van der Waals surface area (Å²) in [5, 5.41) is 10.5. The molecule has 0 bridgehead atoms. The summed E-state index contributed by atoms with van der Waals surface area (Å²) in [7, 11) is 4.34. The van der Waals surface area contributed by atoms with Crippen LogP contribution >= 0.6 is 11.6 Å². The van der Waals surface area contributed by atoms with Crippen LogP contribution in [0, 0.1) is 56.2 Å². The van der Waals surface area contributed by atoms with Crippen LogP contribution in [0.3, 0.4) is 0 Å². The summed E-state index contributed by atoms with van der Waals surface area (Å²) in [5.41, 5.74) is 3.05. The highest BCUT2D eigenvalue weighted by Gasteiger charge is 2.70. The maximum atomic E-state index is 14.4. The number of carboxylic acids is 1. The molecule has 8 heteroatoms.